The van der Waals surface area contributed by atoms with Crippen LogP contribution in [0.1, 0.15) is 43.9 Å². The number of amides is 2. The quantitative estimate of drug-likeness (QED) is 0.445. The Bertz CT molecular complexity index is 1110. The minimum Gasteiger partial charge on any atom is -0.465 e. The van der Waals surface area contributed by atoms with E-state index in [1.165, 1.54) is 0 Å². The third-order valence-corrected chi connectivity index (χ3v) is 5.31. The second kappa shape index (κ2) is 12.5. The van der Waals surface area contributed by atoms with E-state index >= 15 is 0 Å². The van der Waals surface area contributed by atoms with Gasteiger partial charge in [-0.1, -0.05) is 0 Å². The van der Waals surface area contributed by atoms with Gasteiger partial charge in [0.25, 0.3) is 0 Å². The number of nitrogens with one attached hydrogen (secondary N) is 2. The fraction of sp³-hybridized carbons (Fsp3) is 0.385. The van der Waals surface area contributed by atoms with Crippen molar-refractivity contribution in [1.82, 2.24) is 0 Å². The van der Waals surface area contributed by atoms with Crippen molar-refractivity contribution in [1.29, 1.82) is 5.26 Å². The molecule has 0 radical (unpaired) electrons. The van der Waals surface area contributed by atoms with Gasteiger partial charge in [0.15, 0.2) is 0 Å². The van der Waals surface area contributed by atoms with Gasteiger partial charge >= 0.3 is 5.97 Å². The maximum atomic E-state index is 13.0. The number of nitrogens with zero attached hydrogens (tertiary/aromatic N) is 2. The van der Waals surface area contributed by atoms with Crippen LogP contribution in [0.25, 0.3) is 0 Å². The highest BCUT2D eigenvalue weighted by Gasteiger charge is 2.26. The van der Waals surface area contributed by atoms with Gasteiger partial charge < -0.3 is 26.0 Å². The highest BCUT2D eigenvalue weighted by Crippen LogP contribution is 2.29. The minimum atomic E-state index is -1.03. The monoisotopic (exact) mass is 479 g/mol. The van der Waals surface area contributed by atoms with Crippen LogP contribution in [0, 0.1) is 25.2 Å². The fourth-order valence-electron chi connectivity index (χ4n) is 3.55. The summed E-state index contributed by atoms with van der Waals surface area (Å²) in [4.78, 5) is 39.0. The van der Waals surface area contributed by atoms with E-state index in [4.69, 9.17) is 15.7 Å². The van der Waals surface area contributed by atoms with Gasteiger partial charge in [-0.05, 0) is 82.1 Å². The van der Waals surface area contributed by atoms with Crippen LogP contribution < -0.4 is 21.3 Å². The first-order chi connectivity index (χ1) is 16.6. The number of nitriles is 1. The summed E-state index contributed by atoms with van der Waals surface area (Å²) in [7, 11) is 0. The zero-order valence-electron chi connectivity index (χ0n) is 20.8. The predicted molar refractivity (Wildman–Crippen MR) is 136 cm³/mol. The van der Waals surface area contributed by atoms with Crippen molar-refractivity contribution in [2.24, 2.45) is 5.73 Å². The molecule has 0 bridgehead atoms. The Morgan fingerprint density at radius 1 is 1.11 bits per heavy atom. The topological polar surface area (TPSA) is 138 Å². The lowest BCUT2D eigenvalue weighted by atomic mass is 10.0. The number of rotatable bonds is 10. The number of ether oxygens (including phenoxy) is 1. The van der Waals surface area contributed by atoms with Gasteiger partial charge in [0.2, 0.25) is 11.8 Å². The van der Waals surface area contributed by atoms with Gasteiger partial charge in [-0.25, -0.2) is 0 Å². The van der Waals surface area contributed by atoms with Crippen LogP contribution in [0.3, 0.4) is 0 Å². The standard InChI is InChI=1S/C26H33N5O4/c1-6-35-26(34)21(28)13-25(33)31(16(2)3)23-12-17(4)22(11-18(23)5)30-24(32)15-29-20-9-7-19(14-27)8-10-20/h7-12,16,21,29H,6,13,15,28H2,1-5H3,(H,30,32). The van der Waals surface area contributed by atoms with Crippen LogP contribution in [0.5, 0.6) is 0 Å². The van der Waals surface area contributed by atoms with Crippen LogP contribution in [0.4, 0.5) is 17.1 Å². The van der Waals surface area contributed by atoms with E-state index in [1.54, 1.807) is 36.1 Å². The number of hydrogen-bond acceptors (Lipinski definition) is 7. The summed E-state index contributed by atoms with van der Waals surface area (Å²) in [6, 6.07) is 11.3. The molecule has 9 nitrogen and oxygen atoms in total. The van der Waals surface area contributed by atoms with E-state index in [0.29, 0.717) is 16.9 Å². The molecule has 0 aliphatic heterocycles. The zero-order chi connectivity index (χ0) is 26.1. The van der Waals surface area contributed by atoms with Crippen LogP contribution in [-0.2, 0) is 19.1 Å². The minimum absolute atomic E-state index is 0.0501. The lowest BCUT2D eigenvalue weighted by Gasteiger charge is -2.30. The van der Waals surface area contributed by atoms with Crippen LogP contribution >= 0.6 is 0 Å². The van der Waals surface area contributed by atoms with E-state index < -0.39 is 12.0 Å². The Labute approximate surface area is 206 Å². The molecule has 9 heteroatoms. The average molecular weight is 480 g/mol. The largest absolute Gasteiger partial charge is 0.465 e. The first-order valence-corrected chi connectivity index (χ1v) is 11.5. The lowest BCUT2D eigenvalue weighted by Crippen LogP contribution is -2.43. The Balaban J connectivity index is 2.12. The molecule has 0 saturated carbocycles. The number of hydrogen-bond donors (Lipinski definition) is 3. The van der Waals surface area contributed by atoms with Crippen molar-refractivity contribution < 1.29 is 19.1 Å². The van der Waals surface area contributed by atoms with Gasteiger partial charge in [0.05, 0.1) is 31.2 Å². The second-order valence-electron chi connectivity index (χ2n) is 8.46. The maximum Gasteiger partial charge on any atom is 0.323 e. The smallest absolute Gasteiger partial charge is 0.323 e. The highest BCUT2D eigenvalue weighted by atomic mass is 16.5. The fourth-order valence-corrected chi connectivity index (χ4v) is 3.55. The molecule has 4 N–H and O–H groups in total. The van der Waals surface area contributed by atoms with E-state index in [-0.39, 0.29) is 37.4 Å². The summed E-state index contributed by atoms with van der Waals surface area (Å²) >= 11 is 0. The molecule has 0 heterocycles. The van der Waals surface area contributed by atoms with Gasteiger partial charge in [-0.3, -0.25) is 14.4 Å². The van der Waals surface area contributed by atoms with E-state index in [2.05, 4.69) is 16.7 Å². The highest BCUT2D eigenvalue weighted by molar-refractivity contribution is 5.99. The number of carbonyl (C=O) groups excluding carboxylic acids is 3. The predicted octanol–water partition coefficient (Wildman–Crippen LogP) is 3.25. The molecule has 2 aromatic rings. The molecule has 186 valence electrons. The third kappa shape index (κ3) is 7.55. The van der Waals surface area contributed by atoms with Crippen LogP contribution in [0.15, 0.2) is 36.4 Å². The molecule has 35 heavy (non-hydrogen) atoms. The van der Waals surface area contributed by atoms with Crippen molar-refractivity contribution in [3.8, 4) is 6.07 Å². The van der Waals surface area contributed by atoms with E-state index in [9.17, 15) is 14.4 Å². The van der Waals surface area contributed by atoms with Crippen molar-refractivity contribution in [3.63, 3.8) is 0 Å². The van der Waals surface area contributed by atoms with Crippen molar-refractivity contribution in [2.75, 3.05) is 28.7 Å². The lowest BCUT2D eigenvalue weighted by molar-refractivity contribution is -0.146. The summed E-state index contributed by atoms with van der Waals surface area (Å²) in [5.74, 6) is -1.13. The molecule has 0 aromatic heterocycles. The number of esters is 1. The van der Waals surface area contributed by atoms with Crippen LogP contribution in [-0.4, -0.2) is 43.0 Å². The first-order valence-electron chi connectivity index (χ1n) is 11.5. The molecule has 2 amide bonds. The van der Waals surface area contributed by atoms with Crippen molar-refractivity contribution in [2.45, 2.75) is 53.1 Å². The molecule has 1 unspecified atom stereocenters. The molecule has 0 saturated heterocycles. The Hall–Kier alpha value is -3.90. The van der Waals surface area contributed by atoms with Gasteiger partial charge in [-0.15, -0.1) is 0 Å². The molecule has 1 atom stereocenters. The van der Waals surface area contributed by atoms with Gasteiger partial charge in [0, 0.05) is 23.1 Å². The maximum absolute atomic E-state index is 13.0. The average Bonchev–Trinajstić information content (AvgIpc) is 2.81. The number of aryl methyl sites for hydroxylation is 2. The molecular weight excluding hydrogens is 446 g/mol. The summed E-state index contributed by atoms with van der Waals surface area (Å²) in [6.07, 6.45) is -0.172. The molecule has 0 fully saturated rings. The molecule has 0 aliphatic carbocycles. The molecule has 0 aliphatic rings. The Morgan fingerprint density at radius 2 is 1.77 bits per heavy atom. The van der Waals surface area contributed by atoms with E-state index in [1.807, 2.05) is 39.8 Å². The van der Waals surface area contributed by atoms with Gasteiger partial charge in [0.1, 0.15) is 6.04 Å². The number of benzene rings is 2. The molecule has 0 spiro atoms. The second-order valence-corrected chi connectivity index (χ2v) is 8.46. The summed E-state index contributed by atoms with van der Waals surface area (Å²) in [5, 5.41) is 14.8. The zero-order valence-corrected chi connectivity index (χ0v) is 20.8. The number of nitrogens with two attached hydrogens (primary N) is 1. The number of carbonyl (C=O) groups is 3. The summed E-state index contributed by atoms with van der Waals surface area (Å²) < 4.78 is 4.91. The SMILES string of the molecule is CCOC(=O)C(N)CC(=O)N(c1cc(C)c(NC(=O)CNc2ccc(C#N)cc2)cc1C)C(C)C. The van der Waals surface area contributed by atoms with E-state index in [0.717, 1.165) is 16.8 Å². The normalized spacial score (nSPS) is 11.4. The number of anilines is 3. The molecule has 2 rings (SSSR count). The first kappa shape index (κ1) is 27.3. The van der Waals surface area contributed by atoms with Crippen LogP contribution in [0.2, 0.25) is 0 Å². The summed E-state index contributed by atoms with van der Waals surface area (Å²) in [5.41, 5.74) is 10.0. The van der Waals surface area contributed by atoms with Crippen molar-refractivity contribution >= 4 is 34.8 Å². The molecular formula is C26H33N5O4. The third-order valence-electron chi connectivity index (χ3n) is 5.31. The summed E-state index contributed by atoms with van der Waals surface area (Å²) in [6.45, 7) is 9.40. The van der Waals surface area contributed by atoms with Gasteiger partial charge in [-0.2, -0.15) is 5.26 Å². The Kier molecular flexibility index (Phi) is 9.79. The van der Waals surface area contributed by atoms with Crippen molar-refractivity contribution in [3.05, 3.63) is 53.1 Å². The molecule has 2 aromatic carbocycles. The Morgan fingerprint density at radius 3 is 2.34 bits per heavy atom.